The highest BCUT2D eigenvalue weighted by Crippen LogP contribution is 2.33. The van der Waals surface area contributed by atoms with Gasteiger partial charge >= 0.3 is 0 Å². The summed E-state index contributed by atoms with van der Waals surface area (Å²) in [6, 6.07) is -0.404. The van der Waals surface area contributed by atoms with Crippen molar-refractivity contribution in [1.29, 1.82) is 0 Å². The van der Waals surface area contributed by atoms with Crippen LogP contribution in [0.15, 0.2) is 22.4 Å². The monoisotopic (exact) mass is 275 g/mol. The number of aliphatic imine (C=N–C) groups is 1. The Bertz CT molecular complexity index is 467. The van der Waals surface area contributed by atoms with Crippen molar-refractivity contribution < 1.29 is 4.39 Å². The molecule has 1 aromatic rings. The molecule has 1 atom stereocenters. The van der Waals surface area contributed by atoms with Gasteiger partial charge in [-0.3, -0.25) is 4.99 Å². The van der Waals surface area contributed by atoms with Gasteiger partial charge in [0.05, 0.1) is 0 Å². The molecule has 1 unspecified atom stereocenters. The molecule has 2 N–H and O–H groups in total. The van der Waals surface area contributed by atoms with Crippen molar-refractivity contribution in [3.63, 3.8) is 0 Å². The van der Waals surface area contributed by atoms with Crippen LogP contribution in [0.1, 0.15) is 22.0 Å². The molecule has 0 fully saturated rings. The van der Waals surface area contributed by atoms with Gasteiger partial charge in [-0.25, -0.2) is 4.39 Å². The molecule has 0 aromatic carbocycles. The molecule has 0 saturated carbocycles. The van der Waals surface area contributed by atoms with Crippen LogP contribution in [0.3, 0.4) is 0 Å². The molecular formula is C11H15ClFN3S. The van der Waals surface area contributed by atoms with Crippen molar-refractivity contribution >= 4 is 29.7 Å². The SMILES string of the molecule is CN=C1NC=C(F)C(c2scc(C)c2C)N1.Cl. The van der Waals surface area contributed by atoms with Crippen LogP contribution in [0, 0.1) is 13.8 Å². The lowest BCUT2D eigenvalue weighted by Gasteiger charge is -2.23. The highest BCUT2D eigenvalue weighted by molar-refractivity contribution is 7.10. The number of nitrogens with one attached hydrogen (secondary N) is 2. The van der Waals surface area contributed by atoms with E-state index < -0.39 is 6.04 Å². The third kappa shape index (κ3) is 2.61. The maximum absolute atomic E-state index is 13.7. The van der Waals surface area contributed by atoms with E-state index in [9.17, 15) is 4.39 Å². The Morgan fingerprint density at radius 2 is 2.12 bits per heavy atom. The highest BCUT2D eigenvalue weighted by Gasteiger charge is 2.25. The molecule has 0 radical (unpaired) electrons. The van der Waals surface area contributed by atoms with Crippen molar-refractivity contribution in [2.45, 2.75) is 19.9 Å². The van der Waals surface area contributed by atoms with Crippen LogP contribution in [0.2, 0.25) is 0 Å². The van der Waals surface area contributed by atoms with E-state index in [1.807, 2.05) is 19.2 Å². The second-order valence-electron chi connectivity index (χ2n) is 3.73. The summed E-state index contributed by atoms with van der Waals surface area (Å²) in [5.74, 6) is 0.384. The zero-order valence-electron chi connectivity index (χ0n) is 9.87. The zero-order valence-corrected chi connectivity index (χ0v) is 11.5. The number of aryl methyl sites for hydroxylation is 1. The fourth-order valence-electron chi connectivity index (χ4n) is 1.60. The molecular weight excluding hydrogens is 261 g/mol. The van der Waals surface area contributed by atoms with E-state index in [-0.39, 0.29) is 18.2 Å². The maximum Gasteiger partial charge on any atom is 0.195 e. The third-order valence-corrected chi connectivity index (χ3v) is 3.98. The number of hydrogen-bond acceptors (Lipinski definition) is 2. The second kappa shape index (κ2) is 5.51. The van der Waals surface area contributed by atoms with Crippen LogP contribution in [0.5, 0.6) is 0 Å². The first-order valence-corrected chi connectivity index (χ1v) is 5.91. The van der Waals surface area contributed by atoms with Crippen molar-refractivity contribution in [2.75, 3.05) is 7.05 Å². The van der Waals surface area contributed by atoms with Crippen LogP contribution in [-0.4, -0.2) is 13.0 Å². The van der Waals surface area contributed by atoms with Gasteiger partial charge < -0.3 is 10.6 Å². The first kappa shape index (κ1) is 14.0. The largest absolute Gasteiger partial charge is 0.342 e. The van der Waals surface area contributed by atoms with Crippen molar-refractivity contribution in [1.82, 2.24) is 10.6 Å². The standard InChI is InChI=1S/C11H14FN3S.ClH/c1-6-5-16-10(7(6)2)9-8(12)4-14-11(13-3)15-9;/h4-5,9H,1-3H3,(H2,13,14,15);1H. The smallest absolute Gasteiger partial charge is 0.195 e. The molecule has 1 aliphatic heterocycles. The van der Waals surface area contributed by atoms with E-state index in [1.165, 1.54) is 11.8 Å². The fourth-order valence-corrected chi connectivity index (χ4v) is 2.72. The van der Waals surface area contributed by atoms with E-state index >= 15 is 0 Å². The minimum atomic E-state index is -0.404. The Morgan fingerprint density at radius 1 is 1.41 bits per heavy atom. The highest BCUT2D eigenvalue weighted by atomic mass is 35.5. The number of hydrogen-bond donors (Lipinski definition) is 2. The van der Waals surface area contributed by atoms with Gasteiger partial charge in [0, 0.05) is 18.1 Å². The Morgan fingerprint density at radius 3 is 2.65 bits per heavy atom. The molecule has 17 heavy (non-hydrogen) atoms. The summed E-state index contributed by atoms with van der Waals surface area (Å²) in [4.78, 5) is 4.99. The molecule has 0 bridgehead atoms. The molecule has 0 aliphatic carbocycles. The van der Waals surface area contributed by atoms with E-state index in [1.54, 1.807) is 18.4 Å². The summed E-state index contributed by atoms with van der Waals surface area (Å²) in [5, 5.41) is 7.83. The van der Waals surface area contributed by atoms with Crippen LogP contribution < -0.4 is 10.6 Å². The number of guanidine groups is 1. The molecule has 6 heteroatoms. The predicted octanol–water partition coefficient (Wildman–Crippen LogP) is 2.82. The van der Waals surface area contributed by atoms with Crippen LogP contribution in [-0.2, 0) is 0 Å². The summed E-state index contributed by atoms with van der Waals surface area (Å²) in [6.45, 7) is 4.05. The molecule has 94 valence electrons. The first-order valence-electron chi connectivity index (χ1n) is 5.03. The Kier molecular flexibility index (Phi) is 4.54. The Labute approximate surface area is 110 Å². The van der Waals surface area contributed by atoms with E-state index in [2.05, 4.69) is 15.6 Å². The van der Waals surface area contributed by atoms with E-state index in [0.717, 1.165) is 10.4 Å². The number of rotatable bonds is 1. The topological polar surface area (TPSA) is 36.4 Å². The summed E-state index contributed by atoms with van der Waals surface area (Å²) < 4.78 is 13.7. The molecule has 1 aromatic heterocycles. The van der Waals surface area contributed by atoms with Crippen molar-refractivity contribution in [2.24, 2.45) is 4.99 Å². The Hall–Kier alpha value is -1.07. The molecule has 2 rings (SSSR count). The van der Waals surface area contributed by atoms with Gasteiger partial charge in [-0.15, -0.1) is 23.7 Å². The van der Waals surface area contributed by atoms with Gasteiger partial charge in [-0.05, 0) is 30.4 Å². The van der Waals surface area contributed by atoms with Gasteiger partial charge in [-0.1, -0.05) is 0 Å². The minimum Gasteiger partial charge on any atom is -0.342 e. The lowest BCUT2D eigenvalue weighted by molar-refractivity contribution is 0.508. The summed E-state index contributed by atoms with van der Waals surface area (Å²) >= 11 is 1.57. The second-order valence-corrected chi connectivity index (χ2v) is 4.64. The number of halogens is 2. The summed E-state index contributed by atoms with van der Waals surface area (Å²) in [6.07, 6.45) is 1.36. The average molecular weight is 276 g/mol. The van der Waals surface area contributed by atoms with Gasteiger partial charge in [0.2, 0.25) is 0 Å². The zero-order chi connectivity index (χ0) is 11.7. The van der Waals surface area contributed by atoms with Crippen LogP contribution >= 0.6 is 23.7 Å². The Balaban J connectivity index is 0.00000144. The molecule has 1 aliphatic rings. The normalized spacial score (nSPS) is 21.3. The lowest BCUT2D eigenvalue weighted by Crippen LogP contribution is -2.41. The summed E-state index contributed by atoms with van der Waals surface area (Å²) in [7, 11) is 1.66. The fraction of sp³-hybridized carbons (Fsp3) is 0.364. The minimum absolute atomic E-state index is 0. The van der Waals surface area contributed by atoms with Crippen molar-refractivity contribution in [3.8, 4) is 0 Å². The van der Waals surface area contributed by atoms with Gasteiger partial charge in [0.25, 0.3) is 0 Å². The number of thiophene rings is 1. The van der Waals surface area contributed by atoms with Gasteiger partial charge in [-0.2, -0.15) is 0 Å². The first-order chi connectivity index (χ1) is 7.63. The number of nitrogens with zero attached hydrogens (tertiary/aromatic N) is 1. The van der Waals surface area contributed by atoms with E-state index in [0.29, 0.717) is 5.96 Å². The van der Waals surface area contributed by atoms with E-state index in [4.69, 9.17) is 0 Å². The average Bonchev–Trinajstić information content (AvgIpc) is 2.61. The quantitative estimate of drug-likeness (QED) is 0.827. The van der Waals surface area contributed by atoms with Crippen molar-refractivity contribution in [3.05, 3.63) is 33.4 Å². The summed E-state index contributed by atoms with van der Waals surface area (Å²) in [5.41, 5.74) is 2.34. The maximum atomic E-state index is 13.7. The third-order valence-electron chi connectivity index (χ3n) is 2.71. The molecule has 2 heterocycles. The predicted molar refractivity (Wildman–Crippen MR) is 72.6 cm³/mol. The molecule has 0 saturated heterocycles. The van der Waals surface area contributed by atoms with Gasteiger partial charge in [0.15, 0.2) is 5.96 Å². The van der Waals surface area contributed by atoms with Gasteiger partial charge in [0.1, 0.15) is 11.9 Å². The molecule has 3 nitrogen and oxygen atoms in total. The molecule has 0 amide bonds. The molecule has 0 spiro atoms. The van der Waals surface area contributed by atoms with Crippen LogP contribution in [0.4, 0.5) is 4.39 Å². The van der Waals surface area contributed by atoms with Crippen LogP contribution in [0.25, 0.3) is 0 Å². The lowest BCUT2D eigenvalue weighted by atomic mass is 10.1.